The normalized spacial score (nSPS) is 9.08. The Morgan fingerprint density at radius 1 is 1.38 bits per heavy atom. The second-order valence-electron chi connectivity index (χ2n) is 2.51. The molecule has 0 aliphatic heterocycles. The smallest absolute Gasteiger partial charge is 0.307 e. The van der Waals surface area contributed by atoms with Crippen molar-refractivity contribution in [3.8, 4) is 0 Å². The van der Waals surface area contributed by atoms with E-state index in [-0.39, 0.29) is 5.97 Å². The van der Waals surface area contributed by atoms with Crippen LogP contribution < -0.4 is 10.6 Å². The highest BCUT2D eigenvalue weighted by Gasteiger charge is 1.99. The summed E-state index contributed by atoms with van der Waals surface area (Å²) in [7, 11) is 1.37. The molecule has 0 aliphatic rings. The van der Waals surface area contributed by atoms with Crippen LogP contribution in [0.15, 0.2) is 0 Å². The Morgan fingerprint density at radius 2 is 2.00 bits per heavy atom. The van der Waals surface area contributed by atoms with Crippen LogP contribution >= 0.6 is 12.2 Å². The van der Waals surface area contributed by atoms with E-state index in [1.165, 1.54) is 7.11 Å². The molecule has 0 bridgehead atoms. The summed E-state index contributed by atoms with van der Waals surface area (Å²) < 4.78 is 4.47. The minimum Gasteiger partial charge on any atom is -0.469 e. The lowest BCUT2D eigenvalue weighted by atomic mass is 10.4. The average Bonchev–Trinajstić information content (AvgIpc) is 2.14. The Hall–Kier alpha value is -0.840. The monoisotopic (exact) mass is 204 g/mol. The molecule has 0 fully saturated rings. The maximum absolute atomic E-state index is 10.7. The molecule has 0 saturated heterocycles. The fourth-order valence-electron chi connectivity index (χ4n) is 0.681. The number of hydrogen-bond acceptors (Lipinski definition) is 3. The van der Waals surface area contributed by atoms with Crippen molar-refractivity contribution in [2.45, 2.75) is 19.8 Å². The Kier molecular flexibility index (Phi) is 7.29. The van der Waals surface area contributed by atoms with Crippen molar-refractivity contribution in [3.63, 3.8) is 0 Å². The van der Waals surface area contributed by atoms with Crippen LogP contribution in [0.2, 0.25) is 0 Å². The van der Waals surface area contributed by atoms with Crippen LogP contribution in [0.1, 0.15) is 19.8 Å². The van der Waals surface area contributed by atoms with Gasteiger partial charge in [-0.05, 0) is 18.6 Å². The number of esters is 1. The fourth-order valence-corrected chi connectivity index (χ4v) is 0.885. The number of hydrogen-bond donors (Lipinski definition) is 2. The second kappa shape index (κ2) is 7.79. The van der Waals surface area contributed by atoms with E-state index in [2.05, 4.69) is 22.3 Å². The van der Waals surface area contributed by atoms with Crippen LogP contribution in [0.4, 0.5) is 0 Å². The molecule has 0 spiro atoms. The summed E-state index contributed by atoms with van der Waals surface area (Å²) in [5, 5.41) is 6.48. The number of carbonyl (C=O) groups excluding carboxylic acids is 1. The molecule has 0 aromatic heterocycles. The lowest BCUT2D eigenvalue weighted by molar-refractivity contribution is -0.140. The van der Waals surface area contributed by atoms with Crippen molar-refractivity contribution in [1.82, 2.24) is 10.6 Å². The lowest BCUT2D eigenvalue weighted by Crippen LogP contribution is -2.36. The van der Waals surface area contributed by atoms with Gasteiger partial charge in [0.1, 0.15) is 0 Å². The summed E-state index contributed by atoms with van der Waals surface area (Å²) in [6.45, 7) is 3.43. The molecule has 0 rings (SSSR count). The van der Waals surface area contributed by atoms with Crippen molar-refractivity contribution in [3.05, 3.63) is 0 Å². The van der Waals surface area contributed by atoms with Gasteiger partial charge >= 0.3 is 5.97 Å². The number of thiocarbonyl (C=S) groups is 1. The van der Waals surface area contributed by atoms with Crippen LogP contribution in [0, 0.1) is 0 Å². The Bertz CT molecular complexity index is 174. The van der Waals surface area contributed by atoms with Crippen molar-refractivity contribution in [2.24, 2.45) is 0 Å². The van der Waals surface area contributed by atoms with Crippen LogP contribution in [-0.4, -0.2) is 31.3 Å². The standard InChI is InChI=1S/C8H16N2O2S/c1-3-5-9-8(13)10-6-4-7(11)12-2/h3-6H2,1-2H3,(H2,9,10,13). The predicted octanol–water partition coefficient (Wildman–Crippen LogP) is 0.424. The minimum atomic E-state index is -0.231. The van der Waals surface area contributed by atoms with E-state index in [0.29, 0.717) is 18.1 Å². The first kappa shape index (κ1) is 12.2. The number of rotatable bonds is 5. The molecule has 0 atom stereocenters. The third kappa shape index (κ3) is 7.52. The maximum Gasteiger partial charge on any atom is 0.307 e. The largest absolute Gasteiger partial charge is 0.469 e. The van der Waals surface area contributed by atoms with Crippen LogP contribution in [0.25, 0.3) is 0 Å². The van der Waals surface area contributed by atoms with Crippen molar-refractivity contribution < 1.29 is 9.53 Å². The van der Waals surface area contributed by atoms with Gasteiger partial charge in [0.25, 0.3) is 0 Å². The number of carbonyl (C=O) groups is 1. The Morgan fingerprint density at radius 3 is 2.54 bits per heavy atom. The molecule has 2 N–H and O–H groups in total. The van der Waals surface area contributed by atoms with Crippen molar-refractivity contribution in [2.75, 3.05) is 20.2 Å². The Labute approximate surface area is 84.0 Å². The highest BCUT2D eigenvalue weighted by molar-refractivity contribution is 7.80. The average molecular weight is 204 g/mol. The molecule has 0 heterocycles. The molecule has 5 heteroatoms. The van der Waals surface area contributed by atoms with Gasteiger partial charge in [-0.3, -0.25) is 4.79 Å². The third-order valence-electron chi connectivity index (χ3n) is 1.38. The molecule has 0 unspecified atom stereocenters. The third-order valence-corrected chi connectivity index (χ3v) is 1.67. The van der Waals surface area contributed by atoms with Crippen molar-refractivity contribution >= 4 is 23.3 Å². The molecule has 0 aromatic rings. The van der Waals surface area contributed by atoms with E-state index < -0.39 is 0 Å². The van der Waals surface area contributed by atoms with Crippen LogP contribution in [0.3, 0.4) is 0 Å². The van der Waals surface area contributed by atoms with Crippen molar-refractivity contribution in [1.29, 1.82) is 0 Å². The summed E-state index contributed by atoms with van der Waals surface area (Å²) >= 11 is 4.93. The summed E-state index contributed by atoms with van der Waals surface area (Å²) in [6, 6.07) is 0. The molecule has 13 heavy (non-hydrogen) atoms. The SMILES string of the molecule is CCCNC(=S)NCCC(=O)OC. The summed E-state index contributed by atoms with van der Waals surface area (Å²) in [6.07, 6.45) is 1.36. The molecular formula is C8H16N2O2S. The molecule has 0 aliphatic carbocycles. The fraction of sp³-hybridized carbons (Fsp3) is 0.750. The van der Waals surface area contributed by atoms with E-state index in [1.807, 2.05) is 0 Å². The zero-order valence-electron chi connectivity index (χ0n) is 8.05. The first-order valence-corrected chi connectivity index (χ1v) is 4.70. The zero-order valence-corrected chi connectivity index (χ0v) is 8.87. The van der Waals surface area contributed by atoms with E-state index in [4.69, 9.17) is 12.2 Å². The van der Waals surface area contributed by atoms with Gasteiger partial charge < -0.3 is 15.4 Å². The first-order valence-electron chi connectivity index (χ1n) is 4.29. The van der Waals surface area contributed by atoms with Gasteiger partial charge in [0.2, 0.25) is 0 Å². The van der Waals surface area contributed by atoms with E-state index >= 15 is 0 Å². The van der Waals surface area contributed by atoms with Crippen LogP contribution in [0.5, 0.6) is 0 Å². The van der Waals surface area contributed by atoms with Gasteiger partial charge in [-0.15, -0.1) is 0 Å². The predicted molar refractivity (Wildman–Crippen MR) is 55.5 cm³/mol. The topological polar surface area (TPSA) is 50.4 Å². The lowest BCUT2D eigenvalue weighted by Gasteiger charge is -2.08. The summed E-state index contributed by atoms with van der Waals surface area (Å²) in [5.41, 5.74) is 0. The van der Waals surface area contributed by atoms with Gasteiger partial charge in [0, 0.05) is 13.1 Å². The number of ether oxygens (including phenoxy) is 1. The molecule has 0 amide bonds. The van der Waals surface area contributed by atoms with Gasteiger partial charge in [0.05, 0.1) is 13.5 Å². The quantitative estimate of drug-likeness (QED) is 0.502. The summed E-state index contributed by atoms with van der Waals surface area (Å²) in [5.74, 6) is -0.231. The number of methoxy groups -OCH3 is 1. The molecule has 0 radical (unpaired) electrons. The van der Waals surface area contributed by atoms with Gasteiger partial charge in [-0.2, -0.15) is 0 Å². The molecule has 0 saturated carbocycles. The molecule has 0 aromatic carbocycles. The van der Waals surface area contributed by atoms with E-state index in [0.717, 1.165) is 13.0 Å². The van der Waals surface area contributed by atoms with Gasteiger partial charge in [0.15, 0.2) is 5.11 Å². The van der Waals surface area contributed by atoms with Crippen LogP contribution in [-0.2, 0) is 9.53 Å². The van der Waals surface area contributed by atoms with Gasteiger partial charge in [-0.1, -0.05) is 6.92 Å². The summed E-state index contributed by atoms with van der Waals surface area (Å²) in [4.78, 5) is 10.7. The highest BCUT2D eigenvalue weighted by Crippen LogP contribution is 1.81. The highest BCUT2D eigenvalue weighted by atomic mass is 32.1. The number of nitrogens with one attached hydrogen (secondary N) is 2. The minimum absolute atomic E-state index is 0.231. The molecular weight excluding hydrogens is 188 g/mol. The molecule has 4 nitrogen and oxygen atoms in total. The van der Waals surface area contributed by atoms with E-state index in [1.54, 1.807) is 0 Å². The Balaban J connectivity index is 3.31. The van der Waals surface area contributed by atoms with Gasteiger partial charge in [-0.25, -0.2) is 0 Å². The first-order chi connectivity index (χ1) is 6.20. The molecule has 76 valence electrons. The zero-order chi connectivity index (χ0) is 10.1. The maximum atomic E-state index is 10.7. The second-order valence-corrected chi connectivity index (χ2v) is 2.92. The van der Waals surface area contributed by atoms with E-state index in [9.17, 15) is 4.79 Å².